The Morgan fingerprint density at radius 3 is 2.11 bits per heavy atom. The lowest BCUT2D eigenvalue weighted by Gasteiger charge is -2.43. The van der Waals surface area contributed by atoms with E-state index in [0.717, 1.165) is 0 Å². The van der Waals surface area contributed by atoms with Crippen LogP contribution in [0.3, 0.4) is 0 Å². The highest BCUT2D eigenvalue weighted by molar-refractivity contribution is 5.69. The minimum atomic E-state index is -1.05. The molecule has 0 aliphatic rings. The minimum Gasteiger partial charge on any atom is -0.444 e. The Labute approximate surface area is 171 Å². The zero-order chi connectivity index (χ0) is 22.1. The van der Waals surface area contributed by atoms with Crippen LogP contribution in [-0.4, -0.2) is 72.1 Å². The van der Waals surface area contributed by atoms with E-state index in [-0.39, 0.29) is 18.9 Å². The number of carbonyl (C=O) groups excluding carboxylic acids is 1. The second-order valence-electron chi connectivity index (χ2n) is 8.42. The van der Waals surface area contributed by atoms with Gasteiger partial charge in [0.05, 0.1) is 18.2 Å². The van der Waals surface area contributed by atoms with Crippen LogP contribution in [0.2, 0.25) is 0 Å². The summed E-state index contributed by atoms with van der Waals surface area (Å²) in [5.41, 5.74) is -0.656. The number of amides is 1. The topological polar surface area (TPSA) is 77.5 Å². The average Bonchev–Trinajstić information content (AvgIpc) is 2.52. The van der Waals surface area contributed by atoms with Crippen LogP contribution in [0.5, 0.6) is 0 Å². The quantitative estimate of drug-likeness (QED) is 0.418. The Morgan fingerprint density at radius 1 is 1.14 bits per heavy atom. The minimum absolute atomic E-state index is 0.0202. The fourth-order valence-corrected chi connectivity index (χ4v) is 2.97. The Morgan fingerprint density at radius 2 is 1.71 bits per heavy atom. The van der Waals surface area contributed by atoms with E-state index >= 15 is 0 Å². The average molecular weight is 404 g/mol. The molecule has 28 heavy (non-hydrogen) atoms. The summed E-state index contributed by atoms with van der Waals surface area (Å²) < 4.78 is 22.2. The molecule has 0 aliphatic heterocycles. The smallest absolute Gasteiger partial charge is 0.410 e. The zero-order valence-electron chi connectivity index (χ0n) is 19.3. The molecule has 0 saturated carbocycles. The molecule has 0 heterocycles. The summed E-state index contributed by atoms with van der Waals surface area (Å²) in [6, 6.07) is -0.906. The molecule has 0 spiro atoms. The Bertz CT molecular complexity index is 472. The van der Waals surface area contributed by atoms with Crippen molar-refractivity contribution in [3.05, 3.63) is 12.2 Å². The van der Waals surface area contributed by atoms with Crippen molar-refractivity contribution < 1.29 is 28.8 Å². The van der Waals surface area contributed by atoms with Gasteiger partial charge in [-0.2, -0.15) is 0 Å². The summed E-state index contributed by atoms with van der Waals surface area (Å²) >= 11 is 0. The molecule has 0 saturated heterocycles. The number of rotatable bonds is 11. The van der Waals surface area contributed by atoms with Gasteiger partial charge in [-0.15, -0.1) is 0 Å². The number of ether oxygens (including phenoxy) is 4. The van der Waals surface area contributed by atoms with Gasteiger partial charge in [0, 0.05) is 13.2 Å². The molecular weight excluding hydrogens is 362 g/mol. The van der Waals surface area contributed by atoms with Gasteiger partial charge in [-0.3, -0.25) is 4.90 Å². The maximum absolute atomic E-state index is 13.0. The number of aliphatic hydroxyl groups is 1. The van der Waals surface area contributed by atoms with Crippen LogP contribution in [0.4, 0.5) is 4.79 Å². The Hall–Kier alpha value is -1.15. The first kappa shape index (κ1) is 26.9. The second kappa shape index (κ2) is 12.4. The Balaban J connectivity index is 5.99. The van der Waals surface area contributed by atoms with Gasteiger partial charge in [-0.1, -0.05) is 12.2 Å². The Kier molecular flexibility index (Phi) is 11.9. The predicted molar refractivity (Wildman–Crippen MR) is 110 cm³/mol. The molecule has 0 rings (SSSR count). The van der Waals surface area contributed by atoms with Crippen LogP contribution in [0.25, 0.3) is 0 Å². The molecule has 1 N–H and O–H groups in total. The van der Waals surface area contributed by atoms with Crippen molar-refractivity contribution in [3.8, 4) is 0 Å². The van der Waals surface area contributed by atoms with Crippen LogP contribution in [-0.2, 0) is 18.9 Å². The lowest BCUT2D eigenvalue weighted by Crippen LogP contribution is -2.60. The van der Waals surface area contributed by atoms with Crippen molar-refractivity contribution in [2.24, 2.45) is 0 Å². The fraction of sp³-hybridized carbons (Fsp3) is 0.857. The molecule has 0 aromatic rings. The zero-order valence-corrected chi connectivity index (χ0v) is 19.3. The molecule has 1 amide bonds. The molecule has 0 aromatic carbocycles. The number of hydrogen-bond donors (Lipinski definition) is 1. The number of carbonyl (C=O) groups is 1. The van der Waals surface area contributed by atoms with E-state index in [4.69, 9.17) is 18.9 Å². The molecule has 0 unspecified atom stereocenters. The van der Waals surface area contributed by atoms with Crippen molar-refractivity contribution >= 4 is 6.09 Å². The number of methoxy groups -OCH3 is 1. The molecule has 0 fully saturated rings. The van der Waals surface area contributed by atoms with Crippen molar-refractivity contribution in [2.45, 2.75) is 104 Å². The lowest BCUT2D eigenvalue weighted by atomic mass is 9.97. The van der Waals surface area contributed by atoms with Gasteiger partial charge >= 0.3 is 6.09 Å². The lowest BCUT2D eigenvalue weighted by molar-refractivity contribution is -0.139. The summed E-state index contributed by atoms with van der Waals surface area (Å²) in [6.07, 6.45) is 0.790. The van der Waals surface area contributed by atoms with Gasteiger partial charge in [0.1, 0.15) is 24.6 Å². The standard InChI is InChI=1S/C21H41NO6/c1-11-12-17(26-13-25-10)19(23)18(16(6)27-15(4)5)22(14(2)3)20(24)28-21(7,8)9/h11-12,14-19,23H,13H2,1-10H3/b12-11+/t16-,17+,18-,19+/m0/s1. The summed E-state index contributed by atoms with van der Waals surface area (Å²) in [4.78, 5) is 14.5. The van der Waals surface area contributed by atoms with E-state index in [2.05, 4.69) is 0 Å². The molecule has 0 aromatic heterocycles. The summed E-state index contributed by atoms with van der Waals surface area (Å²) in [7, 11) is 1.52. The highest BCUT2D eigenvalue weighted by Crippen LogP contribution is 2.24. The van der Waals surface area contributed by atoms with Gasteiger partial charge in [0.15, 0.2) is 0 Å². The van der Waals surface area contributed by atoms with E-state index < -0.39 is 36.0 Å². The highest BCUT2D eigenvalue weighted by atomic mass is 16.7. The van der Waals surface area contributed by atoms with Crippen molar-refractivity contribution in [1.82, 2.24) is 4.90 Å². The van der Waals surface area contributed by atoms with Crippen LogP contribution in [0.1, 0.15) is 62.3 Å². The number of aliphatic hydroxyl groups excluding tert-OH is 1. The normalized spacial score (nSPS) is 17.0. The molecule has 0 bridgehead atoms. The first-order chi connectivity index (χ1) is 12.9. The van der Waals surface area contributed by atoms with Crippen molar-refractivity contribution in [3.63, 3.8) is 0 Å². The maximum Gasteiger partial charge on any atom is 0.410 e. The molecule has 0 radical (unpaired) electrons. The molecule has 7 heteroatoms. The number of hydrogen-bond acceptors (Lipinski definition) is 6. The maximum atomic E-state index is 13.0. The SMILES string of the molecule is C/C=C/[C@@H](OCOC)[C@@H](O)[C@H]([C@H](C)OC(C)C)N(C(=O)OC(C)(C)C)C(C)C. The van der Waals surface area contributed by atoms with Gasteiger partial charge in [-0.05, 0) is 62.3 Å². The van der Waals surface area contributed by atoms with Crippen LogP contribution < -0.4 is 0 Å². The highest BCUT2D eigenvalue weighted by Gasteiger charge is 2.41. The van der Waals surface area contributed by atoms with Crippen LogP contribution in [0.15, 0.2) is 12.2 Å². The predicted octanol–water partition coefficient (Wildman–Crippen LogP) is 3.74. The van der Waals surface area contributed by atoms with E-state index in [1.54, 1.807) is 12.2 Å². The van der Waals surface area contributed by atoms with Gasteiger partial charge in [0.25, 0.3) is 0 Å². The number of allylic oxidation sites excluding steroid dienone is 1. The van der Waals surface area contributed by atoms with Crippen LogP contribution in [0, 0.1) is 0 Å². The van der Waals surface area contributed by atoms with Crippen LogP contribution >= 0.6 is 0 Å². The molecular formula is C21H41NO6. The molecule has 0 aliphatic carbocycles. The summed E-state index contributed by atoms with van der Waals surface area (Å²) in [6.45, 7) is 16.7. The van der Waals surface area contributed by atoms with Gasteiger partial charge < -0.3 is 24.1 Å². The van der Waals surface area contributed by atoms with E-state index in [1.807, 2.05) is 62.3 Å². The third kappa shape index (κ3) is 9.37. The summed E-state index contributed by atoms with van der Waals surface area (Å²) in [5, 5.41) is 11.2. The van der Waals surface area contributed by atoms with E-state index in [1.165, 1.54) is 12.0 Å². The van der Waals surface area contributed by atoms with Crippen molar-refractivity contribution in [1.29, 1.82) is 0 Å². The summed E-state index contributed by atoms with van der Waals surface area (Å²) in [5.74, 6) is 0. The fourth-order valence-electron chi connectivity index (χ4n) is 2.97. The first-order valence-corrected chi connectivity index (χ1v) is 9.93. The largest absolute Gasteiger partial charge is 0.444 e. The first-order valence-electron chi connectivity index (χ1n) is 9.93. The van der Waals surface area contributed by atoms with Gasteiger partial charge in [0.2, 0.25) is 0 Å². The third-order valence-corrected chi connectivity index (χ3v) is 3.90. The van der Waals surface area contributed by atoms with Gasteiger partial charge in [-0.25, -0.2) is 4.79 Å². The monoisotopic (exact) mass is 403 g/mol. The van der Waals surface area contributed by atoms with E-state index in [0.29, 0.717) is 0 Å². The number of nitrogens with zero attached hydrogens (tertiary/aromatic N) is 1. The molecule has 166 valence electrons. The molecule has 4 atom stereocenters. The van der Waals surface area contributed by atoms with E-state index in [9.17, 15) is 9.90 Å². The second-order valence-corrected chi connectivity index (χ2v) is 8.42. The van der Waals surface area contributed by atoms with Crippen molar-refractivity contribution in [2.75, 3.05) is 13.9 Å². The third-order valence-electron chi connectivity index (χ3n) is 3.90. The molecule has 7 nitrogen and oxygen atoms in total.